The quantitative estimate of drug-likeness (QED) is 0.862. The zero-order valence-electron chi connectivity index (χ0n) is 15.1. The van der Waals surface area contributed by atoms with Crippen LogP contribution in [-0.4, -0.2) is 36.5 Å². The summed E-state index contributed by atoms with van der Waals surface area (Å²) in [6.45, 7) is 5.17. The van der Waals surface area contributed by atoms with Crippen LogP contribution in [0.15, 0.2) is 42.5 Å². The van der Waals surface area contributed by atoms with E-state index in [0.717, 1.165) is 47.8 Å². The summed E-state index contributed by atoms with van der Waals surface area (Å²) in [5.41, 5.74) is 1.26. The van der Waals surface area contributed by atoms with Gasteiger partial charge in [0.05, 0.1) is 6.61 Å². The summed E-state index contributed by atoms with van der Waals surface area (Å²) in [5.74, 6) is 2.34. The van der Waals surface area contributed by atoms with E-state index in [0.29, 0.717) is 19.7 Å². The van der Waals surface area contributed by atoms with Crippen molar-refractivity contribution in [1.82, 2.24) is 4.90 Å². The molecule has 2 aliphatic heterocycles. The fraction of sp³-hybridized carbons (Fsp3) is 0.429. The van der Waals surface area contributed by atoms with Crippen molar-refractivity contribution in [1.29, 1.82) is 0 Å². The van der Waals surface area contributed by atoms with Gasteiger partial charge >= 0.3 is 0 Å². The number of aliphatic hydroxyl groups is 1. The average molecular weight is 355 g/mol. The van der Waals surface area contributed by atoms with E-state index < -0.39 is 5.60 Å². The Morgan fingerprint density at radius 2 is 1.92 bits per heavy atom. The van der Waals surface area contributed by atoms with Crippen molar-refractivity contribution in [2.24, 2.45) is 0 Å². The predicted octanol–water partition coefficient (Wildman–Crippen LogP) is 3.30. The summed E-state index contributed by atoms with van der Waals surface area (Å²) in [5, 5.41) is 11.1. The highest BCUT2D eigenvalue weighted by molar-refractivity contribution is 5.52. The molecule has 0 aliphatic carbocycles. The van der Waals surface area contributed by atoms with E-state index >= 15 is 0 Å². The Balaban J connectivity index is 1.52. The van der Waals surface area contributed by atoms with Gasteiger partial charge in [-0.3, -0.25) is 4.90 Å². The number of rotatable bonds is 6. The normalized spacial score (nSPS) is 21.9. The summed E-state index contributed by atoms with van der Waals surface area (Å²) in [6.07, 6.45) is 1.68. The van der Waals surface area contributed by atoms with Gasteiger partial charge in [0, 0.05) is 31.3 Å². The fourth-order valence-corrected chi connectivity index (χ4v) is 3.67. The topological polar surface area (TPSA) is 51.2 Å². The maximum absolute atomic E-state index is 11.1. The highest BCUT2D eigenvalue weighted by Crippen LogP contribution is 2.40. The lowest BCUT2D eigenvalue weighted by atomic mass is 9.93. The van der Waals surface area contributed by atoms with Crippen LogP contribution in [0.4, 0.5) is 0 Å². The van der Waals surface area contributed by atoms with E-state index in [1.54, 1.807) is 0 Å². The van der Waals surface area contributed by atoms with Crippen LogP contribution in [0.5, 0.6) is 17.2 Å². The second kappa shape index (κ2) is 7.17. The molecular formula is C21H25NO4. The van der Waals surface area contributed by atoms with Crippen LogP contribution < -0.4 is 14.2 Å². The molecule has 138 valence electrons. The molecule has 0 spiro atoms. The van der Waals surface area contributed by atoms with Gasteiger partial charge in [0.15, 0.2) is 11.5 Å². The van der Waals surface area contributed by atoms with E-state index in [-0.39, 0.29) is 6.79 Å². The lowest BCUT2D eigenvalue weighted by molar-refractivity contribution is 0.0452. The zero-order chi connectivity index (χ0) is 18.0. The number of nitrogens with zero attached hydrogens (tertiary/aromatic N) is 1. The van der Waals surface area contributed by atoms with Crippen LogP contribution in [0.1, 0.15) is 30.9 Å². The third kappa shape index (κ3) is 3.37. The molecule has 5 nitrogen and oxygen atoms in total. The Bertz CT molecular complexity index is 764. The molecule has 2 aromatic carbocycles. The Kier molecular flexibility index (Phi) is 4.74. The summed E-state index contributed by atoms with van der Waals surface area (Å²) >= 11 is 0. The molecule has 0 radical (unpaired) electrons. The molecule has 1 saturated heterocycles. The standard InChI is InChI=1S/C21H25NO4/c1-2-10-24-18-12-20-19(25-15-26-20)11-16(18)13-22-9-8-21(23,14-22)17-6-4-3-5-7-17/h3-7,11-12,23H,2,8-10,13-15H2,1H3. The molecule has 0 saturated carbocycles. The van der Waals surface area contributed by atoms with E-state index in [1.165, 1.54) is 0 Å². The maximum Gasteiger partial charge on any atom is 0.231 e. The van der Waals surface area contributed by atoms with Crippen molar-refractivity contribution in [2.75, 3.05) is 26.5 Å². The van der Waals surface area contributed by atoms with Crippen molar-refractivity contribution < 1.29 is 19.3 Å². The van der Waals surface area contributed by atoms with Gasteiger partial charge in [-0.2, -0.15) is 0 Å². The van der Waals surface area contributed by atoms with Gasteiger partial charge in [-0.15, -0.1) is 0 Å². The van der Waals surface area contributed by atoms with Gasteiger partial charge in [0.1, 0.15) is 11.4 Å². The Labute approximate surface area is 154 Å². The summed E-state index contributed by atoms with van der Waals surface area (Å²) in [7, 11) is 0. The molecule has 1 fully saturated rings. The predicted molar refractivity (Wildman–Crippen MR) is 98.6 cm³/mol. The van der Waals surface area contributed by atoms with Gasteiger partial charge in [-0.05, 0) is 24.5 Å². The van der Waals surface area contributed by atoms with E-state index in [9.17, 15) is 5.11 Å². The van der Waals surface area contributed by atoms with Crippen LogP contribution in [-0.2, 0) is 12.1 Å². The minimum Gasteiger partial charge on any atom is -0.493 e. The molecule has 26 heavy (non-hydrogen) atoms. The molecule has 2 aliphatic rings. The van der Waals surface area contributed by atoms with E-state index in [1.807, 2.05) is 42.5 Å². The molecule has 2 heterocycles. The van der Waals surface area contributed by atoms with Crippen molar-refractivity contribution in [3.63, 3.8) is 0 Å². The first kappa shape index (κ1) is 17.2. The molecule has 0 amide bonds. The largest absolute Gasteiger partial charge is 0.493 e. The summed E-state index contributed by atoms with van der Waals surface area (Å²) in [6, 6.07) is 13.9. The monoisotopic (exact) mass is 355 g/mol. The van der Waals surface area contributed by atoms with E-state index in [2.05, 4.69) is 11.8 Å². The lowest BCUT2D eigenvalue weighted by Gasteiger charge is -2.24. The number of fused-ring (bicyclic) bond motifs is 1. The molecule has 1 atom stereocenters. The van der Waals surface area contributed by atoms with Gasteiger partial charge in [0.25, 0.3) is 0 Å². The first-order valence-electron chi connectivity index (χ1n) is 9.23. The van der Waals surface area contributed by atoms with E-state index in [4.69, 9.17) is 14.2 Å². The molecule has 4 rings (SSSR count). The third-order valence-corrected chi connectivity index (χ3v) is 5.05. The molecule has 5 heteroatoms. The second-order valence-corrected chi connectivity index (χ2v) is 7.02. The van der Waals surface area contributed by atoms with Crippen molar-refractivity contribution in [3.05, 3.63) is 53.6 Å². The molecule has 0 aromatic heterocycles. The molecule has 1 N–H and O–H groups in total. The van der Waals surface area contributed by atoms with Crippen molar-refractivity contribution >= 4 is 0 Å². The minimum absolute atomic E-state index is 0.253. The molecule has 1 unspecified atom stereocenters. The third-order valence-electron chi connectivity index (χ3n) is 5.05. The molecule has 0 bridgehead atoms. The maximum atomic E-state index is 11.1. The first-order valence-corrected chi connectivity index (χ1v) is 9.23. The van der Waals surface area contributed by atoms with Crippen LogP contribution in [0, 0.1) is 0 Å². The summed E-state index contributed by atoms with van der Waals surface area (Å²) in [4.78, 5) is 2.27. The number of hydrogen-bond donors (Lipinski definition) is 1. The molecular weight excluding hydrogens is 330 g/mol. The van der Waals surface area contributed by atoms with Gasteiger partial charge in [-0.1, -0.05) is 37.3 Å². The van der Waals surface area contributed by atoms with Crippen LogP contribution in [0.2, 0.25) is 0 Å². The Morgan fingerprint density at radius 3 is 2.69 bits per heavy atom. The van der Waals surface area contributed by atoms with Gasteiger partial charge in [0.2, 0.25) is 6.79 Å². The van der Waals surface area contributed by atoms with Gasteiger partial charge in [-0.25, -0.2) is 0 Å². The van der Waals surface area contributed by atoms with Crippen LogP contribution in [0.25, 0.3) is 0 Å². The number of ether oxygens (including phenoxy) is 3. The second-order valence-electron chi connectivity index (χ2n) is 7.02. The lowest BCUT2D eigenvalue weighted by Crippen LogP contribution is -2.30. The SMILES string of the molecule is CCCOc1cc2c(cc1CN1CCC(O)(c3ccccc3)C1)OCO2. The first-order chi connectivity index (χ1) is 12.7. The van der Waals surface area contributed by atoms with Crippen LogP contribution >= 0.6 is 0 Å². The van der Waals surface area contributed by atoms with Crippen LogP contribution in [0.3, 0.4) is 0 Å². The highest BCUT2D eigenvalue weighted by Gasteiger charge is 2.37. The number of β-amino-alcohol motifs (C(OH)–C–C–N with tert-alkyl or cyclic N) is 1. The van der Waals surface area contributed by atoms with Crippen molar-refractivity contribution in [3.8, 4) is 17.2 Å². The Hall–Kier alpha value is -2.24. The molecule has 2 aromatic rings. The number of likely N-dealkylation sites (tertiary alicyclic amines) is 1. The number of benzene rings is 2. The fourth-order valence-electron chi connectivity index (χ4n) is 3.67. The van der Waals surface area contributed by atoms with Gasteiger partial charge < -0.3 is 19.3 Å². The number of hydrogen-bond acceptors (Lipinski definition) is 5. The smallest absolute Gasteiger partial charge is 0.231 e. The highest BCUT2D eigenvalue weighted by atomic mass is 16.7. The Morgan fingerprint density at radius 1 is 1.15 bits per heavy atom. The summed E-state index contributed by atoms with van der Waals surface area (Å²) < 4.78 is 16.9. The average Bonchev–Trinajstić information content (AvgIpc) is 3.27. The van der Waals surface area contributed by atoms with Crippen molar-refractivity contribution in [2.45, 2.75) is 31.9 Å². The zero-order valence-corrected chi connectivity index (χ0v) is 15.1. The minimum atomic E-state index is -0.790.